The monoisotopic (exact) mass is 363 g/mol. The van der Waals surface area contributed by atoms with E-state index in [0.29, 0.717) is 29.6 Å². The number of amides is 1. The lowest BCUT2D eigenvalue weighted by atomic mass is 9.93. The van der Waals surface area contributed by atoms with Gasteiger partial charge in [-0.2, -0.15) is 0 Å². The van der Waals surface area contributed by atoms with Crippen molar-refractivity contribution in [3.05, 3.63) is 40.9 Å². The summed E-state index contributed by atoms with van der Waals surface area (Å²) in [6, 6.07) is 7.38. The van der Waals surface area contributed by atoms with Crippen molar-refractivity contribution < 1.29 is 4.79 Å². The van der Waals surface area contributed by atoms with Gasteiger partial charge in [-0.05, 0) is 24.1 Å². The number of nitrogens with zero attached hydrogens (tertiary/aromatic N) is 4. The van der Waals surface area contributed by atoms with E-state index in [1.54, 1.807) is 22.7 Å². The van der Waals surface area contributed by atoms with Crippen LogP contribution in [0.3, 0.4) is 0 Å². The van der Waals surface area contributed by atoms with Crippen molar-refractivity contribution in [2.24, 2.45) is 11.1 Å². The van der Waals surface area contributed by atoms with Gasteiger partial charge >= 0.3 is 0 Å². The number of para-hydroxylation sites is 1. The summed E-state index contributed by atoms with van der Waals surface area (Å²) in [5.41, 5.74) is 6.31. The SMILES string of the molecule is CC(C)c1nc(C(=O)N(C)CC(C)(C)CN)nn1-c1ccccc1Cl. The van der Waals surface area contributed by atoms with E-state index in [2.05, 4.69) is 10.1 Å². The number of nitrogens with two attached hydrogens (primary N) is 1. The molecule has 0 unspecified atom stereocenters. The minimum atomic E-state index is -0.228. The molecule has 136 valence electrons. The largest absolute Gasteiger partial charge is 0.338 e. The van der Waals surface area contributed by atoms with E-state index in [4.69, 9.17) is 17.3 Å². The summed E-state index contributed by atoms with van der Waals surface area (Å²) in [5.74, 6) is 0.729. The van der Waals surface area contributed by atoms with Crippen LogP contribution < -0.4 is 5.73 Å². The van der Waals surface area contributed by atoms with E-state index in [9.17, 15) is 4.79 Å². The maximum absolute atomic E-state index is 12.8. The van der Waals surface area contributed by atoms with Gasteiger partial charge in [0.15, 0.2) is 0 Å². The van der Waals surface area contributed by atoms with E-state index in [1.165, 1.54) is 0 Å². The topological polar surface area (TPSA) is 77.0 Å². The molecular formula is C18H26ClN5O. The zero-order valence-corrected chi connectivity index (χ0v) is 16.2. The summed E-state index contributed by atoms with van der Waals surface area (Å²) in [7, 11) is 1.74. The third-order valence-electron chi connectivity index (χ3n) is 3.98. The van der Waals surface area contributed by atoms with Gasteiger partial charge in [0.25, 0.3) is 5.91 Å². The highest BCUT2D eigenvalue weighted by molar-refractivity contribution is 6.32. The Morgan fingerprint density at radius 3 is 2.56 bits per heavy atom. The van der Waals surface area contributed by atoms with Crippen molar-refractivity contribution in [1.29, 1.82) is 0 Å². The molecule has 0 spiro atoms. The van der Waals surface area contributed by atoms with Crippen LogP contribution >= 0.6 is 11.6 Å². The molecule has 0 aliphatic heterocycles. The highest BCUT2D eigenvalue weighted by Gasteiger charge is 2.26. The predicted octanol–water partition coefficient (Wildman–Crippen LogP) is 3.10. The summed E-state index contributed by atoms with van der Waals surface area (Å²) in [6.45, 7) is 9.07. The van der Waals surface area contributed by atoms with Gasteiger partial charge in [-0.25, -0.2) is 9.67 Å². The molecule has 25 heavy (non-hydrogen) atoms. The second-order valence-corrected chi connectivity index (χ2v) is 7.75. The number of hydrogen-bond donors (Lipinski definition) is 1. The lowest BCUT2D eigenvalue weighted by molar-refractivity contribution is 0.0728. The second-order valence-electron chi connectivity index (χ2n) is 7.34. The molecule has 0 saturated heterocycles. The zero-order chi connectivity index (χ0) is 18.8. The molecule has 2 N–H and O–H groups in total. The Kier molecular flexibility index (Phi) is 5.85. The fourth-order valence-electron chi connectivity index (χ4n) is 2.54. The molecule has 1 amide bonds. The van der Waals surface area contributed by atoms with E-state index >= 15 is 0 Å². The van der Waals surface area contributed by atoms with Crippen LogP contribution in [0.2, 0.25) is 5.02 Å². The standard InChI is InChI=1S/C18H26ClN5O/c1-12(2)16-21-15(17(25)23(5)11-18(3,4)10-20)22-24(16)14-9-7-6-8-13(14)19/h6-9,12H,10-11,20H2,1-5H3. The van der Waals surface area contributed by atoms with Crippen LogP contribution in [0.15, 0.2) is 24.3 Å². The first-order chi connectivity index (χ1) is 11.7. The number of carbonyl (C=O) groups excluding carboxylic acids is 1. The van der Waals surface area contributed by atoms with E-state index < -0.39 is 0 Å². The lowest BCUT2D eigenvalue weighted by Gasteiger charge is -2.28. The molecule has 0 fully saturated rings. The van der Waals surface area contributed by atoms with Crippen LogP contribution in [0.1, 0.15) is 50.1 Å². The first kappa shape index (κ1) is 19.4. The van der Waals surface area contributed by atoms with Crippen molar-refractivity contribution in [3.63, 3.8) is 0 Å². The van der Waals surface area contributed by atoms with Crippen molar-refractivity contribution >= 4 is 17.5 Å². The minimum Gasteiger partial charge on any atom is -0.338 e. The van der Waals surface area contributed by atoms with Gasteiger partial charge in [-0.1, -0.05) is 51.4 Å². The van der Waals surface area contributed by atoms with E-state index in [1.807, 2.05) is 45.9 Å². The summed E-state index contributed by atoms with van der Waals surface area (Å²) in [6.07, 6.45) is 0. The third kappa shape index (κ3) is 4.38. The molecule has 1 aromatic heterocycles. The summed E-state index contributed by atoms with van der Waals surface area (Å²) in [4.78, 5) is 18.8. The molecule has 0 saturated carbocycles. The molecule has 0 aliphatic rings. The van der Waals surface area contributed by atoms with Gasteiger partial charge in [-0.3, -0.25) is 4.79 Å². The Hall–Kier alpha value is -1.92. The first-order valence-electron chi connectivity index (χ1n) is 8.33. The third-order valence-corrected chi connectivity index (χ3v) is 4.30. The Morgan fingerprint density at radius 2 is 2.00 bits per heavy atom. The molecule has 2 aromatic rings. The van der Waals surface area contributed by atoms with Crippen LogP contribution in [0.4, 0.5) is 0 Å². The fourth-order valence-corrected chi connectivity index (χ4v) is 2.75. The van der Waals surface area contributed by atoms with Crippen LogP contribution in [-0.2, 0) is 0 Å². The van der Waals surface area contributed by atoms with Gasteiger partial charge in [0.05, 0.1) is 10.7 Å². The van der Waals surface area contributed by atoms with Gasteiger partial charge in [0, 0.05) is 19.5 Å². The Morgan fingerprint density at radius 1 is 1.36 bits per heavy atom. The molecule has 2 rings (SSSR count). The summed E-state index contributed by atoms with van der Waals surface area (Å²) in [5, 5.41) is 5.00. The normalized spacial score (nSPS) is 11.8. The Bertz CT molecular complexity index is 754. The quantitative estimate of drug-likeness (QED) is 0.855. The molecule has 7 heteroatoms. The van der Waals surface area contributed by atoms with Gasteiger partial charge in [0.2, 0.25) is 5.82 Å². The number of halogens is 1. The van der Waals surface area contributed by atoms with Crippen molar-refractivity contribution in [2.75, 3.05) is 20.1 Å². The zero-order valence-electron chi connectivity index (χ0n) is 15.5. The smallest absolute Gasteiger partial charge is 0.293 e. The average Bonchev–Trinajstić information content (AvgIpc) is 2.99. The van der Waals surface area contributed by atoms with Crippen molar-refractivity contribution in [1.82, 2.24) is 19.7 Å². The van der Waals surface area contributed by atoms with Crippen LogP contribution in [-0.4, -0.2) is 45.7 Å². The number of hydrogen-bond acceptors (Lipinski definition) is 4. The van der Waals surface area contributed by atoms with Crippen LogP contribution in [0.5, 0.6) is 0 Å². The Balaban J connectivity index is 2.39. The van der Waals surface area contributed by atoms with Crippen LogP contribution in [0.25, 0.3) is 5.69 Å². The molecule has 1 heterocycles. The van der Waals surface area contributed by atoms with Gasteiger partial charge < -0.3 is 10.6 Å². The second kappa shape index (κ2) is 7.54. The number of benzene rings is 1. The molecular weight excluding hydrogens is 338 g/mol. The van der Waals surface area contributed by atoms with E-state index in [0.717, 1.165) is 0 Å². The first-order valence-corrected chi connectivity index (χ1v) is 8.71. The fraction of sp³-hybridized carbons (Fsp3) is 0.500. The van der Waals surface area contributed by atoms with Crippen molar-refractivity contribution in [3.8, 4) is 5.69 Å². The van der Waals surface area contributed by atoms with Crippen LogP contribution in [0, 0.1) is 5.41 Å². The maximum atomic E-state index is 12.8. The molecule has 0 radical (unpaired) electrons. The highest BCUT2D eigenvalue weighted by Crippen LogP contribution is 2.24. The van der Waals surface area contributed by atoms with Gasteiger partial charge in [0.1, 0.15) is 5.82 Å². The maximum Gasteiger partial charge on any atom is 0.293 e. The Labute approximate surface area is 154 Å². The summed E-state index contributed by atoms with van der Waals surface area (Å²) >= 11 is 6.29. The number of carbonyl (C=O) groups is 1. The minimum absolute atomic E-state index is 0.0936. The van der Waals surface area contributed by atoms with Gasteiger partial charge in [-0.15, -0.1) is 5.10 Å². The average molecular weight is 364 g/mol. The molecule has 1 aromatic carbocycles. The molecule has 0 bridgehead atoms. The molecule has 0 atom stereocenters. The lowest BCUT2D eigenvalue weighted by Crippen LogP contribution is -2.40. The molecule has 6 nitrogen and oxygen atoms in total. The molecule has 0 aliphatic carbocycles. The number of rotatable bonds is 6. The summed E-state index contributed by atoms with van der Waals surface area (Å²) < 4.78 is 1.65. The van der Waals surface area contributed by atoms with Crippen molar-refractivity contribution in [2.45, 2.75) is 33.6 Å². The number of aromatic nitrogens is 3. The highest BCUT2D eigenvalue weighted by atomic mass is 35.5. The predicted molar refractivity (Wildman–Crippen MR) is 100 cm³/mol. The van der Waals surface area contributed by atoms with E-state index in [-0.39, 0.29) is 23.1 Å².